The molecular weight excluding hydrogens is 260 g/mol. The number of benzene rings is 1. The second-order valence-corrected chi connectivity index (χ2v) is 5.84. The highest BCUT2D eigenvalue weighted by molar-refractivity contribution is 5.49. The second kappa shape index (κ2) is 5.90. The lowest BCUT2D eigenvalue weighted by Crippen LogP contribution is -2.32. The van der Waals surface area contributed by atoms with Crippen molar-refractivity contribution in [1.29, 1.82) is 0 Å². The summed E-state index contributed by atoms with van der Waals surface area (Å²) in [6.45, 7) is 2.76. The molecule has 1 aliphatic rings. The van der Waals surface area contributed by atoms with Crippen molar-refractivity contribution in [2.24, 2.45) is 5.73 Å². The number of nitrogens with two attached hydrogens (primary N) is 1. The minimum Gasteiger partial charge on any atom is -0.365 e. The molecule has 2 aromatic rings. The van der Waals surface area contributed by atoms with Gasteiger partial charge in [-0.05, 0) is 37.0 Å². The molecule has 0 aliphatic heterocycles. The van der Waals surface area contributed by atoms with Crippen molar-refractivity contribution in [3.05, 3.63) is 48.0 Å². The van der Waals surface area contributed by atoms with Gasteiger partial charge in [0.15, 0.2) is 0 Å². The quantitative estimate of drug-likeness (QED) is 0.887. The second-order valence-electron chi connectivity index (χ2n) is 5.84. The zero-order chi connectivity index (χ0) is 14.8. The highest BCUT2D eigenvalue weighted by atomic mass is 15.2. The summed E-state index contributed by atoms with van der Waals surface area (Å²) in [7, 11) is 2.11. The maximum absolute atomic E-state index is 6.06. The maximum atomic E-state index is 6.06. The normalized spacial score (nSPS) is 16.0. The third-order valence-electron chi connectivity index (χ3n) is 4.42. The Balaban J connectivity index is 1.85. The average Bonchev–Trinajstić information content (AvgIpc) is 3.27. The SMILES string of the molecule is CCc1ccc(N(C)C(CN)c2cncn2C2CC2)cc1. The molecule has 1 fully saturated rings. The van der Waals surface area contributed by atoms with Crippen molar-refractivity contribution >= 4 is 5.69 Å². The summed E-state index contributed by atoms with van der Waals surface area (Å²) in [6.07, 6.45) is 7.50. The Morgan fingerprint density at radius 2 is 2.05 bits per heavy atom. The number of aromatic nitrogens is 2. The van der Waals surface area contributed by atoms with Crippen LogP contribution >= 0.6 is 0 Å². The topological polar surface area (TPSA) is 47.1 Å². The number of likely N-dealkylation sites (N-methyl/N-ethyl adjacent to an activating group) is 1. The van der Waals surface area contributed by atoms with E-state index in [1.54, 1.807) is 0 Å². The van der Waals surface area contributed by atoms with E-state index in [0.717, 1.165) is 6.42 Å². The molecule has 1 aromatic carbocycles. The molecule has 1 unspecified atom stereocenters. The summed E-state index contributed by atoms with van der Waals surface area (Å²) in [4.78, 5) is 6.60. The van der Waals surface area contributed by atoms with Gasteiger partial charge in [0.1, 0.15) is 0 Å². The van der Waals surface area contributed by atoms with Crippen LogP contribution in [0.4, 0.5) is 5.69 Å². The van der Waals surface area contributed by atoms with E-state index in [1.807, 2.05) is 12.5 Å². The molecule has 1 atom stereocenters. The minimum atomic E-state index is 0.167. The Morgan fingerprint density at radius 1 is 1.33 bits per heavy atom. The van der Waals surface area contributed by atoms with Gasteiger partial charge in [-0.3, -0.25) is 0 Å². The van der Waals surface area contributed by atoms with Gasteiger partial charge in [0.25, 0.3) is 0 Å². The van der Waals surface area contributed by atoms with Crippen molar-refractivity contribution in [3.63, 3.8) is 0 Å². The molecule has 2 N–H and O–H groups in total. The van der Waals surface area contributed by atoms with Gasteiger partial charge in [-0.25, -0.2) is 4.98 Å². The fourth-order valence-corrected chi connectivity index (χ4v) is 2.85. The lowest BCUT2D eigenvalue weighted by molar-refractivity contribution is 0.595. The van der Waals surface area contributed by atoms with Crippen LogP contribution in [0.2, 0.25) is 0 Å². The lowest BCUT2D eigenvalue weighted by Gasteiger charge is -2.30. The number of hydrogen-bond acceptors (Lipinski definition) is 3. The highest BCUT2D eigenvalue weighted by Gasteiger charge is 2.29. The van der Waals surface area contributed by atoms with Crippen LogP contribution in [-0.2, 0) is 6.42 Å². The minimum absolute atomic E-state index is 0.167. The number of nitrogens with zero attached hydrogens (tertiary/aromatic N) is 3. The van der Waals surface area contributed by atoms with E-state index in [2.05, 4.69) is 52.7 Å². The Bertz CT molecular complexity index is 583. The van der Waals surface area contributed by atoms with Crippen molar-refractivity contribution in [3.8, 4) is 0 Å². The van der Waals surface area contributed by atoms with Crippen LogP contribution in [0.1, 0.15) is 43.1 Å². The van der Waals surface area contributed by atoms with Gasteiger partial charge in [-0.2, -0.15) is 0 Å². The van der Waals surface area contributed by atoms with Gasteiger partial charge in [0, 0.05) is 25.3 Å². The van der Waals surface area contributed by atoms with Gasteiger partial charge in [0.2, 0.25) is 0 Å². The van der Waals surface area contributed by atoms with Gasteiger partial charge in [-0.15, -0.1) is 0 Å². The van der Waals surface area contributed by atoms with Crippen LogP contribution in [0.25, 0.3) is 0 Å². The third-order valence-corrected chi connectivity index (χ3v) is 4.42. The van der Waals surface area contributed by atoms with Crippen LogP contribution < -0.4 is 10.6 Å². The van der Waals surface area contributed by atoms with E-state index in [9.17, 15) is 0 Å². The standard InChI is InChI=1S/C17H24N4/c1-3-13-4-6-14(7-5-13)20(2)16(10-18)17-11-19-12-21(17)15-8-9-15/h4-7,11-12,15-16H,3,8-10,18H2,1-2H3. The number of anilines is 1. The zero-order valence-corrected chi connectivity index (χ0v) is 12.9. The smallest absolute Gasteiger partial charge is 0.0951 e. The maximum Gasteiger partial charge on any atom is 0.0951 e. The van der Waals surface area contributed by atoms with E-state index in [4.69, 9.17) is 5.73 Å². The molecule has 1 aromatic heterocycles. The lowest BCUT2D eigenvalue weighted by atomic mass is 10.1. The van der Waals surface area contributed by atoms with Crippen molar-refractivity contribution < 1.29 is 0 Å². The molecule has 1 aliphatic carbocycles. The van der Waals surface area contributed by atoms with E-state index >= 15 is 0 Å². The van der Waals surface area contributed by atoms with Gasteiger partial charge >= 0.3 is 0 Å². The summed E-state index contributed by atoms with van der Waals surface area (Å²) in [5.74, 6) is 0. The Labute approximate surface area is 126 Å². The first kappa shape index (κ1) is 14.1. The van der Waals surface area contributed by atoms with Gasteiger partial charge < -0.3 is 15.2 Å². The number of rotatable bonds is 6. The number of aryl methyl sites for hydroxylation is 1. The van der Waals surface area contributed by atoms with Crippen molar-refractivity contribution in [1.82, 2.24) is 9.55 Å². The molecule has 1 saturated carbocycles. The molecule has 4 heteroatoms. The Kier molecular flexibility index (Phi) is 3.97. The molecule has 0 bridgehead atoms. The highest BCUT2D eigenvalue weighted by Crippen LogP contribution is 2.38. The van der Waals surface area contributed by atoms with E-state index in [1.165, 1.54) is 29.8 Å². The number of imidazole rings is 1. The molecule has 0 amide bonds. The average molecular weight is 284 g/mol. The zero-order valence-electron chi connectivity index (χ0n) is 12.9. The van der Waals surface area contributed by atoms with Crippen molar-refractivity contribution in [2.45, 2.75) is 38.3 Å². The number of hydrogen-bond donors (Lipinski definition) is 1. The first-order valence-corrected chi connectivity index (χ1v) is 7.78. The Hall–Kier alpha value is -1.81. The molecule has 0 spiro atoms. The monoisotopic (exact) mass is 284 g/mol. The summed E-state index contributed by atoms with van der Waals surface area (Å²) in [5, 5.41) is 0. The molecule has 0 saturated heterocycles. The summed E-state index contributed by atoms with van der Waals surface area (Å²) in [5.41, 5.74) is 9.85. The molecule has 21 heavy (non-hydrogen) atoms. The Morgan fingerprint density at radius 3 is 2.62 bits per heavy atom. The van der Waals surface area contributed by atoms with Crippen LogP contribution in [0.15, 0.2) is 36.8 Å². The molecular formula is C17H24N4. The fraction of sp³-hybridized carbons (Fsp3) is 0.471. The van der Waals surface area contributed by atoms with Crippen LogP contribution in [0, 0.1) is 0 Å². The van der Waals surface area contributed by atoms with Gasteiger partial charge in [0.05, 0.1) is 24.3 Å². The van der Waals surface area contributed by atoms with Crippen molar-refractivity contribution in [2.75, 3.05) is 18.5 Å². The molecule has 4 nitrogen and oxygen atoms in total. The van der Waals surface area contributed by atoms with E-state index in [-0.39, 0.29) is 6.04 Å². The predicted octanol–water partition coefficient (Wildman–Crippen LogP) is 2.92. The molecule has 1 heterocycles. The largest absolute Gasteiger partial charge is 0.365 e. The predicted molar refractivity (Wildman–Crippen MR) is 86.5 cm³/mol. The summed E-state index contributed by atoms with van der Waals surface area (Å²) in [6, 6.07) is 9.54. The van der Waals surface area contributed by atoms with Crippen LogP contribution in [0.5, 0.6) is 0 Å². The fourth-order valence-electron chi connectivity index (χ4n) is 2.85. The summed E-state index contributed by atoms with van der Waals surface area (Å²) < 4.78 is 2.30. The van der Waals surface area contributed by atoms with Gasteiger partial charge in [-0.1, -0.05) is 19.1 Å². The summed E-state index contributed by atoms with van der Waals surface area (Å²) >= 11 is 0. The molecule has 3 rings (SSSR count). The first-order chi connectivity index (χ1) is 10.2. The molecule has 112 valence electrons. The first-order valence-electron chi connectivity index (χ1n) is 7.78. The van der Waals surface area contributed by atoms with E-state index < -0.39 is 0 Å². The van der Waals surface area contributed by atoms with Crippen LogP contribution in [-0.4, -0.2) is 23.1 Å². The third kappa shape index (κ3) is 2.81. The van der Waals surface area contributed by atoms with E-state index in [0.29, 0.717) is 12.6 Å². The van der Waals surface area contributed by atoms with Crippen LogP contribution in [0.3, 0.4) is 0 Å². The molecule has 0 radical (unpaired) electrons.